The lowest BCUT2D eigenvalue weighted by molar-refractivity contribution is -0.159. The van der Waals surface area contributed by atoms with Gasteiger partial charge in [0, 0.05) is 50.0 Å². The minimum Gasteiger partial charge on any atom is -0.320 e. The first-order chi connectivity index (χ1) is 14.9. The molecule has 10 heteroatoms. The number of anilines is 1. The summed E-state index contributed by atoms with van der Waals surface area (Å²) in [6.45, 7) is 3.87. The summed E-state index contributed by atoms with van der Waals surface area (Å²) in [5, 5.41) is 8.32. The third kappa shape index (κ3) is 4.11. The van der Waals surface area contributed by atoms with E-state index in [1.54, 1.807) is 19.1 Å². The van der Waals surface area contributed by atoms with E-state index >= 15 is 0 Å². The zero-order valence-corrected chi connectivity index (χ0v) is 19.2. The van der Waals surface area contributed by atoms with Crippen molar-refractivity contribution in [2.75, 3.05) is 18.6 Å². The number of aromatic nitrogens is 3. The molecule has 2 heterocycles. The van der Waals surface area contributed by atoms with Crippen LogP contribution in [0.4, 0.5) is 14.5 Å². The number of benzene rings is 1. The van der Waals surface area contributed by atoms with Crippen molar-refractivity contribution >= 4 is 32.2 Å². The molecule has 1 aliphatic carbocycles. The quantitative estimate of drug-likeness (QED) is 0.605. The van der Waals surface area contributed by atoms with Gasteiger partial charge in [-0.25, -0.2) is 22.3 Å². The molecule has 0 saturated heterocycles. The van der Waals surface area contributed by atoms with E-state index in [0.717, 1.165) is 5.56 Å². The van der Waals surface area contributed by atoms with E-state index in [4.69, 9.17) is 0 Å². The molecule has 0 bridgehead atoms. The fourth-order valence-electron chi connectivity index (χ4n) is 4.35. The normalized spacial score (nSPS) is 18.6. The lowest BCUT2D eigenvalue weighted by atomic mass is 9.67. The summed E-state index contributed by atoms with van der Waals surface area (Å²) in [6, 6.07) is 8.64. The fraction of sp³-hybridized carbons (Fsp3) is 0.409. The summed E-state index contributed by atoms with van der Waals surface area (Å²) in [5.74, 6) is -3.10. The number of alkyl halides is 2. The highest BCUT2D eigenvalue weighted by Gasteiger charge is 2.54. The van der Waals surface area contributed by atoms with Gasteiger partial charge in [-0.1, -0.05) is 19.1 Å². The van der Waals surface area contributed by atoms with E-state index in [2.05, 4.69) is 19.8 Å². The highest BCUT2D eigenvalue weighted by molar-refractivity contribution is 7.92. The number of hydrogen-bond donors (Lipinski definition) is 1. The van der Waals surface area contributed by atoms with Gasteiger partial charge in [0.2, 0.25) is 5.92 Å². The number of carbonyl (C=O) groups excluding carboxylic acids is 1. The molecule has 1 saturated carbocycles. The molecule has 170 valence electrons. The van der Waals surface area contributed by atoms with Crippen LogP contribution in [0.2, 0.25) is 0 Å². The number of pyridine rings is 1. The highest BCUT2D eigenvalue weighted by Crippen LogP contribution is 2.52. The Hall–Kier alpha value is -2.88. The predicted octanol–water partition coefficient (Wildman–Crippen LogP) is 4.51. The van der Waals surface area contributed by atoms with Crippen molar-refractivity contribution in [3.63, 3.8) is 0 Å². The van der Waals surface area contributed by atoms with Crippen LogP contribution in [0.5, 0.6) is 0 Å². The van der Waals surface area contributed by atoms with Crippen LogP contribution < -0.4 is 5.32 Å². The summed E-state index contributed by atoms with van der Waals surface area (Å²) < 4.78 is 45.1. The van der Waals surface area contributed by atoms with Crippen LogP contribution in [0.25, 0.3) is 10.9 Å². The summed E-state index contributed by atoms with van der Waals surface area (Å²) >= 11 is 0. The van der Waals surface area contributed by atoms with Crippen LogP contribution >= 0.6 is 0 Å². The summed E-state index contributed by atoms with van der Waals surface area (Å²) in [6.07, 6.45) is 2.45. The van der Waals surface area contributed by atoms with E-state index in [1.165, 1.54) is 30.2 Å². The fourth-order valence-corrected chi connectivity index (χ4v) is 5.14. The van der Waals surface area contributed by atoms with Gasteiger partial charge in [0.15, 0.2) is 0 Å². The molecule has 1 aliphatic rings. The van der Waals surface area contributed by atoms with E-state index in [0.29, 0.717) is 22.3 Å². The van der Waals surface area contributed by atoms with Gasteiger partial charge >= 0.3 is 0 Å². The third-order valence-electron chi connectivity index (χ3n) is 5.82. The minimum atomic E-state index is -2.68. The molecule has 0 aliphatic heterocycles. The molecule has 1 amide bonds. The zero-order chi connectivity index (χ0) is 23.3. The molecular formula is C22H25F2N5O2S. The van der Waals surface area contributed by atoms with Crippen molar-refractivity contribution in [1.82, 2.24) is 14.8 Å². The molecule has 1 fully saturated rings. The van der Waals surface area contributed by atoms with Crippen molar-refractivity contribution in [2.45, 2.75) is 44.2 Å². The largest absolute Gasteiger partial charge is 0.320 e. The lowest BCUT2D eigenvalue weighted by Gasteiger charge is -2.44. The van der Waals surface area contributed by atoms with Crippen LogP contribution in [-0.4, -0.2) is 44.1 Å². The molecule has 7 nitrogen and oxygen atoms in total. The number of nitrogens with one attached hydrogen (secondary N) is 1. The van der Waals surface area contributed by atoms with E-state index in [9.17, 15) is 17.8 Å². The van der Waals surface area contributed by atoms with Gasteiger partial charge in [0.1, 0.15) is 10.7 Å². The monoisotopic (exact) mass is 461 g/mol. The molecule has 4 rings (SSSR count). The van der Waals surface area contributed by atoms with Crippen LogP contribution in [0.3, 0.4) is 0 Å². The highest BCUT2D eigenvalue weighted by atomic mass is 32.2. The molecule has 1 unspecified atom stereocenters. The maximum absolute atomic E-state index is 13.6. The summed E-state index contributed by atoms with van der Waals surface area (Å²) in [4.78, 5) is 17.5. The Labute approximate surface area is 185 Å². The van der Waals surface area contributed by atoms with Crippen LogP contribution in [0.15, 0.2) is 45.9 Å². The average Bonchev–Trinajstić information content (AvgIpc) is 3.05. The van der Waals surface area contributed by atoms with Gasteiger partial charge < -0.3 is 5.32 Å². The Bertz CT molecular complexity index is 1330. The Morgan fingerprint density at radius 1 is 1.31 bits per heavy atom. The number of carbonyl (C=O) groups is 1. The van der Waals surface area contributed by atoms with Gasteiger partial charge in [-0.2, -0.15) is 5.10 Å². The number of amides is 1. The molecule has 3 aromatic rings. The molecule has 1 N–H and O–H groups in total. The number of aryl methyl sites for hydroxylation is 1. The van der Waals surface area contributed by atoms with Gasteiger partial charge in [-0.15, -0.1) is 0 Å². The smallest absolute Gasteiger partial charge is 0.274 e. The Balaban J connectivity index is 1.73. The molecule has 0 radical (unpaired) electrons. The molecule has 2 aromatic heterocycles. The Morgan fingerprint density at radius 2 is 2.03 bits per heavy atom. The number of fused-ring (bicyclic) bond motifs is 1. The van der Waals surface area contributed by atoms with Gasteiger partial charge in [-0.05, 0) is 36.1 Å². The second-order valence-corrected chi connectivity index (χ2v) is 11.2. The number of rotatable bonds is 5. The number of hydrogen-bond acceptors (Lipinski definition) is 5. The Morgan fingerprint density at radius 3 is 2.69 bits per heavy atom. The van der Waals surface area contributed by atoms with Crippen molar-refractivity contribution in [3.8, 4) is 0 Å². The number of nitrogens with zero attached hydrogens (tertiary/aromatic N) is 4. The first-order valence-electron chi connectivity index (χ1n) is 10.1. The molecular weight excluding hydrogens is 436 g/mol. The summed E-state index contributed by atoms with van der Waals surface area (Å²) in [5.41, 5.74) is 1.56. The average molecular weight is 462 g/mol. The molecule has 1 aromatic carbocycles. The topological polar surface area (TPSA) is 89.2 Å². The van der Waals surface area contributed by atoms with Crippen molar-refractivity contribution < 1.29 is 17.8 Å². The maximum Gasteiger partial charge on any atom is 0.274 e. The summed E-state index contributed by atoms with van der Waals surface area (Å²) in [7, 11) is -1.22. The van der Waals surface area contributed by atoms with Crippen LogP contribution in [0, 0.1) is 12.3 Å². The molecule has 1 atom stereocenters. The number of halogens is 2. The second kappa shape index (κ2) is 7.61. The molecule has 0 spiro atoms. The first kappa shape index (κ1) is 22.3. The van der Waals surface area contributed by atoms with Gasteiger partial charge in [-0.3, -0.25) is 9.48 Å². The van der Waals surface area contributed by atoms with E-state index in [-0.39, 0.29) is 24.4 Å². The first-order valence-corrected chi connectivity index (χ1v) is 12.1. The predicted molar refractivity (Wildman–Crippen MR) is 120 cm³/mol. The van der Waals surface area contributed by atoms with Gasteiger partial charge in [0.25, 0.3) is 5.91 Å². The van der Waals surface area contributed by atoms with Crippen LogP contribution in [0.1, 0.15) is 35.8 Å². The SMILES string of the molecule is CN=S(C)(=O)c1cc(NC(=O)c2c3c(C)cccc3nn2CC2(C)CC(F)(F)C2)ccn1. The lowest BCUT2D eigenvalue weighted by Crippen LogP contribution is -2.47. The van der Waals surface area contributed by atoms with Gasteiger partial charge in [0.05, 0.1) is 15.2 Å². The van der Waals surface area contributed by atoms with Crippen molar-refractivity contribution in [1.29, 1.82) is 0 Å². The van der Waals surface area contributed by atoms with Crippen molar-refractivity contribution in [2.24, 2.45) is 9.78 Å². The standard InChI is InChI=1S/C22H25F2N5O2S/c1-14-6-5-7-16-18(14)19(29(28-16)13-21(2)11-22(23,24)12-21)20(30)27-15-8-9-26-17(10-15)32(4,31)25-3/h5-10H,11-13H2,1-4H3,(H,26,27,30). The second-order valence-electron chi connectivity index (χ2n) is 8.82. The van der Waals surface area contributed by atoms with Crippen LogP contribution in [-0.2, 0) is 16.3 Å². The maximum atomic E-state index is 13.6. The third-order valence-corrected chi connectivity index (χ3v) is 7.52. The Kier molecular flexibility index (Phi) is 5.31. The molecule has 32 heavy (non-hydrogen) atoms. The van der Waals surface area contributed by atoms with E-state index in [1.807, 2.05) is 19.1 Å². The zero-order valence-electron chi connectivity index (χ0n) is 18.4. The van der Waals surface area contributed by atoms with E-state index < -0.39 is 27.0 Å². The minimum absolute atomic E-state index is 0.207. The van der Waals surface area contributed by atoms with Crippen molar-refractivity contribution in [3.05, 3.63) is 47.8 Å².